The minimum atomic E-state index is -3.04. The third kappa shape index (κ3) is 5.63. The van der Waals surface area contributed by atoms with Gasteiger partial charge in [0.2, 0.25) is 5.75 Å². The lowest BCUT2D eigenvalue weighted by molar-refractivity contribution is -0.386. The van der Waals surface area contributed by atoms with Crippen LogP contribution < -0.4 is 14.8 Å². The fraction of sp³-hybridized carbons (Fsp3) is 0.111. The molecule has 9 nitrogen and oxygen atoms in total. The highest BCUT2D eigenvalue weighted by Gasteiger charge is 2.17. The SMILES string of the molecule is O=C(Nc1ccc(OC(F)F)c(Cl)c1)c1ccn(COc2cc(F)ccc2[N+](=O)[O-])n1. The second-order valence-corrected chi connectivity index (χ2v) is 6.27. The van der Waals surface area contributed by atoms with Gasteiger partial charge in [0.05, 0.1) is 9.95 Å². The molecule has 1 heterocycles. The Morgan fingerprint density at radius 2 is 2.00 bits per heavy atom. The summed E-state index contributed by atoms with van der Waals surface area (Å²) in [6.45, 7) is -3.37. The van der Waals surface area contributed by atoms with E-state index in [-0.39, 0.29) is 34.6 Å². The van der Waals surface area contributed by atoms with Crippen LogP contribution in [0.1, 0.15) is 10.5 Å². The molecule has 0 unspecified atom stereocenters. The molecule has 31 heavy (non-hydrogen) atoms. The molecule has 0 fully saturated rings. The Balaban J connectivity index is 1.65. The van der Waals surface area contributed by atoms with Gasteiger partial charge in [-0.15, -0.1) is 0 Å². The molecule has 0 aliphatic carbocycles. The number of anilines is 1. The molecule has 3 rings (SSSR count). The summed E-state index contributed by atoms with van der Waals surface area (Å²) in [5.74, 6) is -1.91. The van der Waals surface area contributed by atoms with Gasteiger partial charge in [-0.25, -0.2) is 9.07 Å². The van der Waals surface area contributed by atoms with Crippen LogP contribution in [0.5, 0.6) is 11.5 Å². The van der Waals surface area contributed by atoms with E-state index < -0.39 is 28.9 Å². The van der Waals surface area contributed by atoms with Crippen molar-refractivity contribution >= 4 is 28.9 Å². The van der Waals surface area contributed by atoms with Crippen molar-refractivity contribution in [1.29, 1.82) is 0 Å². The van der Waals surface area contributed by atoms with Gasteiger partial charge >= 0.3 is 12.3 Å². The molecule has 0 atom stereocenters. The minimum absolute atomic E-state index is 0.0404. The summed E-state index contributed by atoms with van der Waals surface area (Å²) in [5.41, 5.74) is -0.262. The number of alkyl halides is 2. The standard InChI is InChI=1S/C18H12ClF3N4O5/c19-12-8-11(2-4-15(12)31-18(21)22)23-17(27)13-5-6-25(24-13)9-30-16-7-10(20)1-3-14(16)26(28)29/h1-8,18H,9H2,(H,23,27). The lowest BCUT2D eigenvalue weighted by atomic mass is 10.3. The van der Waals surface area contributed by atoms with Crippen molar-refractivity contribution in [3.63, 3.8) is 0 Å². The van der Waals surface area contributed by atoms with Crippen LogP contribution in [0.15, 0.2) is 48.7 Å². The number of benzene rings is 2. The first kappa shape index (κ1) is 21.9. The number of carbonyl (C=O) groups is 1. The zero-order valence-corrected chi connectivity index (χ0v) is 16.1. The van der Waals surface area contributed by atoms with Crippen molar-refractivity contribution in [3.05, 3.63) is 75.3 Å². The second kappa shape index (κ2) is 9.34. The van der Waals surface area contributed by atoms with Crippen LogP contribution in [-0.4, -0.2) is 27.2 Å². The highest BCUT2D eigenvalue weighted by molar-refractivity contribution is 6.32. The molecule has 0 bridgehead atoms. The average Bonchev–Trinajstić information content (AvgIpc) is 3.17. The summed E-state index contributed by atoms with van der Waals surface area (Å²) < 4.78 is 48.5. The predicted octanol–water partition coefficient (Wildman–Crippen LogP) is 4.47. The van der Waals surface area contributed by atoms with Crippen LogP contribution in [0.4, 0.5) is 24.5 Å². The zero-order valence-electron chi connectivity index (χ0n) is 15.3. The van der Waals surface area contributed by atoms with Crippen LogP contribution >= 0.6 is 11.6 Å². The topological polar surface area (TPSA) is 109 Å². The monoisotopic (exact) mass is 456 g/mol. The summed E-state index contributed by atoms with van der Waals surface area (Å²) in [4.78, 5) is 22.6. The predicted molar refractivity (Wildman–Crippen MR) is 102 cm³/mol. The lowest BCUT2D eigenvalue weighted by Crippen LogP contribution is -2.14. The molecule has 0 aliphatic heterocycles. The molecular formula is C18H12ClF3N4O5. The van der Waals surface area contributed by atoms with Crippen molar-refractivity contribution in [3.8, 4) is 11.5 Å². The summed E-state index contributed by atoms with van der Waals surface area (Å²) in [5, 5.41) is 17.3. The normalized spacial score (nSPS) is 10.7. The summed E-state index contributed by atoms with van der Waals surface area (Å²) >= 11 is 5.83. The van der Waals surface area contributed by atoms with Gasteiger partial charge < -0.3 is 14.8 Å². The van der Waals surface area contributed by atoms with Gasteiger partial charge in [0.1, 0.15) is 11.6 Å². The van der Waals surface area contributed by atoms with Crippen molar-refractivity contribution < 1.29 is 32.4 Å². The first-order valence-electron chi connectivity index (χ1n) is 8.39. The maximum absolute atomic E-state index is 13.3. The summed E-state index contributed by atoms with van der Waals surface area (Å²) in [7, 11) is 0. The first-order chi connectivity index (χ1) is 14.7. The zero-order chi connectivity index (χ0) is 22.5. The van der Waals surface area contributed by atoms with Crippen LogP contribution in [0, 0.1) is 15.9 Å². The maximum Gasteiger partial charge on any atom is 0.387 e. The Morgan fingerprint density at radius 1 is 1.23 bits per heavy atom. The van der Waals surface area contributed by atoms with E-state index >= 15 is 0 Å². The van der Waals surface area contributed by atoms with E-state index in [0.717, 1.165) is 22.9 Å². The third-order valence-corrected chi connectivity index (χ3v) is 4.05. The molecule has 1 aromatic heterocycles. The molecule has 3 aromatic rings. The van der Waals surface area contributed by atoms with E-state index in [2.05, 4.69) is 15.2 Å². The Bertz CT molecular complexity index is 1130. The van der Waals surface area contributed by atoms with Crippen LogP contribution in [0.2, 0.25) is 5.02 Å². The molecule has 162 valence electrons. The highest BCUT2D eigenvalue weighted by atomic mass is 35.5. The van der Waals surface area contributed by atoms with E-state index in [0.29, 0.717) is 0 Å². The number of nitrogens with one attached hydrogen (secondary N) is 1. The Kier molecular flexibility index (Phi) is 6.60. The lowest BCUT2D eigenvalue weighted by Gasteiger charge is -2.09. The molecule has 13 heteroatoms. The van der Waals surface area contributed by atoms with E-state index in [1.54, 1.807) is 0 Å². The van der Waals surface area contributed by atoms with Gasteiger partial charge in [0.15, 0.2) is 12.4 Å². The number of nitro groups is 1. The summed E-state index contributed by atoms with van der Waals surface area (Å²) in [6.07, 6.45) is 1.37. The number of amides is 1. The average molecular weight is 457 g/mol. The minimum Gasteiger partial charge on any atom is -0.464 e. The van der Waals surface area contributed by atoms with Gasteiger partial charge in [-0.1, -0.05) is 11.6 Å². The molecule has 0 spiro atoms. The van der Waals surface area contributed by atoms with Gasteiger partial charge in [-0.3, -0.25) is 14.9 Å². The summed E-state index contributed by atoms with van der Waals surface area (Å²) in [6, 6.07) is 7.80. The van der Waals surface area contributed by atoms with Crippen LogP contribution in [0.3, 0.4) is 0 Å². The third-order valence-electron chi connectivity index (χ3n) is 3.75. The van der Waals surface area contributed by atoms with Crippen LogP contribution in [-0.2, 0) is 6.73 Å². The quantitative estimate of drug-likeness (QED) is 0.395. The number of hydrogen-bond donors (Lipinski definition) is 1. The van der Waals surface area contributed by atoms with Gasteiger partial charge in [-0.2, -0.15) is 13.9 Å². The van der Waals surface area contributed by atoms with Crippen molar-refractivity contribution in [2.24, 2.45) is 0 Å². The Hall–Kier alpha value is -3.80. The number of nitro benzene ring substituents is 1. The number of nitrogens with zero attached hydrogens (tertiary/aromatic N) is 3. The molecule has 0 saturated carbocycles. The molecule has 0 saturated heterocycles. The fourth-order valence-electron chi connectivity index (χ4n) is 2.41. The molecular weight excluding hydrogens is 445 g/mol. The highest BCUT2D eigenvalue weighted by Crippen LogP contribution is 2.29. The van der Waals surface area contributed by atoms with Crippen molar-refractivity contribution in [2.75, 3.05) is 5.32 Å². The molecule has 0 radical (unpaired) electrons. The van der Waals surface area contributed by atoms with Gasteiger partial charge in [-0.05, 0) is 30.3 Å². The first-order valence-corrected chi connectivity index (χ1v) is 8.76. The Morgan fingerprint density at radius 3 is 2.68 bits per heavy atom. The number of rotatable bonds is 8. The molecule has 1 N–H and O–H groups in total. The molecule has 1 amide bonds. The van der Waals surface area contributed by atoms with Crippen LogP contribution in [0.25, 0.3) is 0 Å². The number of carbonyl (C=O) groups excluding carboxylic acids is 1. The fourth-order valence-corrected chi connectivity index (χ4v) is 2.64. The van der Waals surface area contributed by atoms with Gasteiger partial charge in [0.25, 0.3) is 5.91 Å². The van der Waals surface area contributed by atoms with E-state index in [4.69, 9.17) is 16.3 Å². The van der Waals surface area contributed by atoms with Crippen molar-refractivity contribution in [1.82, 2.24) is 9.78 Å². The van der Waals surface area contributed by atoms with E-state index in [9.17, 15) is 28.1 Å². The number of halogens is 4. The number of aromatic nitrogens is 2. The second-order valence-electron chi connectivity index (χ2n) is 5.86. The van der Waals surface area contributed by atoms with Crippen molar-refractivity contribution in [2.45, 2.75) is 13.3 Å². The van der Waals surface area contributed by atoms with E-state index in [1.807, 2.05) is 0 Å². The maximum atomic E-state index is 13.3. The van der Waals surface area contributed by atoms with E-state index in [1.165, 1.54) is 30.5 Å². The molecule has 0 aliphatic rings. The van der Waals surface area contributed by atoms with Gasteiger partial charge in [0, 0.05) is 24.0 Å². The molecule has 2 aromatic carbocycles. The Labute approximate surface area is 177 Å². The largest absolute Gasteiger partial charge is 0.464 e. The number of hydrogen-bond acceptors (Lipinski definition) is 6. The smallest absolute Gasteiger partial charge is 0.387 e. The number of ether oxygens (including phenoxy) is 2.